The topological polar surface area (TPSA) is 30.9 Å². The highest BCUT2D eigenvalue weighted by molar-refractivity contribution is 7.71. The Labute approximate surface area is 269 Å². The summed E-state index contributed by atoms with van der Waals surface area (Å²) in [7, 11) is 3.55. The van der Waals surface area contributed by atoms with Gasteiger partial charge in [-0.2, -0.15) is 0 Å². The molecule has 4 nitrogen and oxygen atoms in total. The van der Waals surface area contributed by atoms with Crippen LogP contribution in [-0.4, -0.2) is 48.8 Å². The van der Waals surface area contributed by atoms with E-state index >= 15 is 0 Å². The fourth-order valence-electron chi connectivity index (χ4n) is 5.04. The number of benzene rings is 5. The maximum atomic E-state index is 7.33. The highest BCUT2D eigenvalue weighted by Crippen LogP contribution is 2.49. The van der Waals surface area contributed by atoms with E-state index in [1.807, 2.05) is 30.3 Å². The van der Waals surface area contributed by atoms with Gasteiger partial charge >= 0.3 is 0 Å². The van der Waals surface area contributed by atoms with Gasteiger partial charge in [0.1, 0.15) is 17.6 Å². The van der Waals surface area contributed by atoms with Crippen molar-refractivity contribution in [2.45, 2.75) is 19.1 Å². The Morgan fingerprint density at radius 3 is 1.52 bits per heavy atom. The van der Waals surface area contributed by atoms with E-state index in [2.05, 4.69) is 128 Å². The van der Waals surface area contributed by atoms with Crippen LogP contribution in [0.15, 0.2) is 140 Å². The largest absolute Gasteiger partial charge is 0.496 e. The Morgan fingerprint density at radius 2 is 0.977 bits per heavy atom. The van der Waals surface area contributed by atoms with Gasteiger partial charge in [0.2, 0.25) is 0 Å². The molecule has 4 atom stereocenters. The first kappa shape index (κ1) is 35.1. The fourth-order valence-corrected chi connectivity index (χ4v) is 9.64. The summed E-state index contributed by atoms with van der Waals surface area (Å²) in [5.74, 6) is 1.73. The number of ether oxygens (including phenoxy) is 2. The minimum absolute atomic E-state index is 0. The van der Waals surface area contributed by atoms with Crippen LogP contribution in [0.3, 0.4) is 0 Å². The van der Waals surface area contributed by atoms with E-state index in [1.54, 1.807) is 14.2 Å². The van der Waals surface area contributed by atoms with E-state index < -0.39 is 16.2 Å². The van der Waals surface area contributed by atoms with Crippen LogP contribution < -0.4 is 30.7 Å². The van der Waals surface area contributed by atoms with Crippen molar-refractivity contribution >= 4 is 54.3 Å². The number of para-hydroxylation sites is 2. The Kier molecular flexibility index (Phi) is 13.7. The highest BCUT2D eigenvalue weighted by Gasteiger charge is 2.34. The van der Waals surface area contributed by atoms with Crippen molar-refractivity contribution in [1.82, 2.24) is 4.67 Å². The molecule has 0 aliphatic heterocycles. The fraction of sp³-hybridized carbons (Fsp3) is 0.167. The Bertz CT molecular complexity index is 1550. The molecule has 0 aliphatic rings. The molecule has 8 heteroatoms. The summed E-state index contributed by atoms with van der Waals surface area (Å²) in [4.78, 5) is 0. The molecule has 0 unspecified atom stereocenters. The summed E-state index contributed by atoms with van der Waals surface area (Å²) in [6, 6.07) is 48.4. The third-order valence-electron chi connectivity index (χ3n) is 7.30. The summed E-state index contributed by atoms with van der Waals surface area (Å²) in [6.45, 7) is 2.27. The van der Waals surface area contributed by atoms with Crippen LogP contribution >= 0.6 is 16.2 Å². The molecule has 220 valence electrons. The van der Waals surface area contributed by atoms with Crippen LogP contribution in [-0.2, 0) is 4.52 Å². The molecule has 6 radical (unpaired) electrons. The maximum absolute atomic E-state index is 7.33. The molecule has 0 saturated carbocycles. The standard InChI is InChI=1S/C36H37NO3P2.2B/c1-28(37(2)41(30-20-10-6-11-21-30)34-26-16-14-24-32(34)38-3)36(29-18-8-5-9-19-29)40-42(31-22-12-7-13-23-31)35-27-17-15-25-33(35)39-4;;/h5-28,36H,1-4H3;;/t28-,36-,41+,42+;;/m1../s1. The Hall–Kier alpha value is -3.39. The van der Waals surface area contributed by atoms with Gasteiger partial charge in [0.05, 0.1) is 22.4 Å². The minimum Gasteiger partial charge on any atom is -0.496 e. The Morgan fingerprint density at radius 1 is 0.545 bits per heavy atom. The van der Waals surface area contributed by atoms with E-state index in [-0.39, 0.29) is 29.0 Å². The van der Waals surface area contributed by atoms with Crippen molar-refractivity contribution in [3.05, 3.63) is 145 Å². The number of methoxy groups -OCH3 is 2. The molecular weight excluding hydrogens is 578 g/mol. The molecule has 0 saturated heterocycles. The SMILES string of the molecule is COc1ccccc1[P@@](O[C@@H](c1ccccc1)[C@@H](C)N(C)[P@@](c1ccccc1)c1ccccc1OC)c1ccccc1.[B].[B]. The van der Waals surface area contributed by atoms with Gasteiger partial charge in [0.15, 0.2) is 0 Å². The molecular formula is C36H37B2NO3P2. The maximum Gasteiger partial charge on any atom is 0.129 e. The number of nitrogens with zero attached hydrogens (tertiary/aromatic N) is 1. The molecule has 0 N–H and O–H groups in total. The Balaban J connectivity index is 0.00000264. The molecule has 0 amide bonds. The average Bonchev–Trinajstić information content (AvgIpc) is 3.06. The second-order valence-electron chi connectivity index (χ2n) is 9.87. The number of hydrogen-bond donors (Lipinski definition) is 0. The predicted molar refractivity (Wildman–Crippen MR) is 190 cm³/mol. The smallest absolute Gasteiger partial charge is 0.129 e. The predicted octanol–water partition coefficient (Wildman–Crippen LogP) is 6.42. The van der Waals surface area contributed by atoms with Crippen LogP contribution in [0.25, 0.3) is 0 Å². The third kappa shape index (κ3) is 8.00. The lowest BCUT2D eigenvalue weighted by Gasteiger charge is -2.39. The van der Waals surface area contributed by atoms with Crippen molar-refractivity contribution in [1.29, 1.82) is 0 Å². The van der Waals surface area contributed by atoms with E-state index in [0.29, 0.717) is 0 Å². The van der Waals surface area contributed by atoms with Crippen LogP contribution in [0.2, 0.25) is 0 Å². The van der Waals surface area contributed by atoms with E-state index in [0.717, 1.165) is 27.7 Å². The van der Waals surface area contributed by atoms with Gasteiger partial charge in [0.25, 0.3) is 0 Å². The zero-order valence-corrected chi connectivity index (χ0v) is 27.4. The molecule has 0 bridgehead atoms. The van der Waals surface area contributed by atoms with Crippen LogP contribution in [0.4, 0.5) is 0 Å². The van der Waals surface area contributed by atoms with Crippen molar-refractivity contribution in [3.8, 4) is 11.5 Å². The van der Waals surface area contributed by atoms with Crippen molar-refractivity contribution in [2.75, 3.05) is 21.3 Å². The van der Waals surface area contributed by atoms with Gasteiger partial charge in [-0.15, -0.1) is 0 Å². The molecule has 0 fully saturated rings. The quantitative estimate of drug-likeness (QED) is 0.120. The summed E-state index contributed by atoms with van der Waals surface area (Å²) in [5.41, 5.74) is 1.14. The van der Waals surface area contributed by atoms with Crippen LogP contribution in [0.5, 0.6) is 11.5 Å². The lowest BCUT2D eigenvalue weighted by molar-refractivity contribution is 0.154. The number of rotatable bonds is 12. The van der Waals surface area contributed by atoms with Crippen LogP contribution in [0.1, 0.15) is 18.6 Å². The van der Waals surface area contributed by atoms with Gasteiger partial charge in [0, 0.05) is 46.9 Å². The van der Waals surface area contributed by atoms with E-state index in [9.17, 15) is 0 Å². The summed E-state index contributed by atoms with van der Waals surface area (Å²) >= 11 is 0. The van der Waals surface area contributed by atoms with Gasteiger partial charge in [-0.1, -0.05) is 115 Å². The summed E-state index contributed by atoms with van der Waals surface area (Å²) < 4.78 is 21.5. The third-order valence-corrected chi connectivity index (χ3v) is 11.9. The highest BCUT2D eigenvalue weighted by atomic mass is 31.1. The molecule has 0 heterocycles. The molecule has 0 aliphatic carbocycles. The number of likely N-dealkylation sites (N-methyl/N-ethyl adjacent to an activating group) is 1. The van der Waals surface area contributed by atoms with Gasteiger partial charge < -0.3 is 14.0 Å². The molecule has 0 spiro atoms. The first-order valence-electron chi connectivity index (χ1n) is 14.0. The van der Waals surface area contributed by atoms with Gasteiger partial charge in [-0.05, 0) is 49.1 Å². The lowest BCUT2D eigenvalue weighted by Crippen LogP contribution is -2.37. The van der Waals surface area contributed by atoms with Crippen LogP contribution in [0, 0.1) is 0 Å². The second kappa shape index (κ2) is 17.2. The van der Waals surface area contributed by atoms with E-state index in [4.69, 9.17) is 14.0 Å². The lowest BCUT2D eigenvalue weighted by atomic mass is 10.0. The van der Waals surface area contributed by atoms with Crippen molar-refractivity contribution in [3.63, 3.8) is 0 Å². The van der Waals surface area contributed by atoms with Crippen molar-refractivity contribution < 1.29 is 14.0 Å². The normalized spacial score (nSPS) is 13.5. The van der Waals surface area contributed by atoms with Gasteiger partial charge in [-0.3, -0.25) is 4.67 Å². The van der Waals surface area contributed by atoms with E-state index in [1.165, 1.54) is 10.6 Å². The minimum atomic E-state index is -1.20. The summed E-state index contributed by atoms with van der Waals surface area (Å²) in [5, 5.41) is 4.64. The first-order chi connectivity index (χ1) is 20.6. The number of hydrogen-bond acceptors (Lipinski definition) is 4. The molecule has 5 aromatic rings. The first-order valence-corrected chi connectivity index (χ1v) is 16.6. The monoisotopic (exact) mass is 615 g/mol. The molecule has 0 aromatic heterocycles. The zero-order valence-electron chi connectivity index (χ0n) is 25.7. The molecule has 44 heavy (non-hydrogen) atoms. The second-order valence-corrected chi connectivity index (χ2v) is 13.9. The zero-order chi connectivity index (χ0) is 29.3. The van der Waals surface area contributed by atoms with Gasteiger partial charge in [-0.25, -0.2) is 0 Å². The van der Waals surface area contributed by atoms with Crippen molar-refractivity contribution in [2.24, 2.45) is 0 Å². The average molecular weight is 615 g/mol. The molecule has 5 rings (SSSR count). The summed E-state index contributed by atoms with van der Waals surface area (Å²) in [6.07, 6.45) is -0.226. The molecule has 5 aromatic carbocycles.